The van der Waals surface area contributed by atoms with Crippen LogP contribution in [-0.4, -0.2) is 32.3 Å². The number of carbonyl (C=O) groups excluding carboxylic acids is 1. The van der Waals surface area contributed by atoms with E-state index in [9.17, 15) is 13.2 Å². The number of methoxy groups -OCH3 is 1. The highest BCUT2D eigenvalue weighted by atomic mass is 32.2. The zero-order chi connectivity index (χ0) is 19.8. The van der Waals surface area contributed by atoms with Crippen LogP contribution >= 0.6 is 11.3 Å². The van der Waals surface area contributed by atoms with Gasteiger partial charge in [0.1, 0.15) is 11.3 Å². The number of aromatic nitrogens is 1. The molecule has 0 aliphatic heterocycles. The number of hydrogen-bond donors (Lipinski definition) is 0. The highest BCUT2D eigenvalue weighted by molar-refractivity contribution is 7.90. The van der Waals surface area contributed by atoms with Crippen molar-refractivity contribution in [2.75, 3.05) is 13.4 Å². The van der Waals surface area contributed by atoms with E-state index in [4.69, 9.17) is 4.74 Å². The van der Waals surface area contributed by atoms with E-state index >= 15 is 0 Å². The summed E-state index contributed by atoms with van der Waals surface area (Å²) in [4.78, 5) is 17.5. The first-order valence-corrected chi connectivity index (χ1v) is 10.9. The highest BCUT2D eigenvalue weighted by Crippen LogP contribution is 2.29. The van der Waals surface area contributed by atoms with Gasteiger partial charge < -0.3 is 9.30 Å². The first-order valence-electron chi connectivity index (χ1n) is 8.20. The van der Waals surface area contributed by atoms with Gasteiger partial charge in [-0.1, -0.05) is 29.5 Å². The van der Waals surface area contributed by atoms with E-state index in [0.717, 1.165) is 27.8 Å². The number of carbonyl (C=O) groups is 1. The molecule has 0 aliphatic rings. The fourth-order valence-corrected chi connectivity index (χ4v) is 4.55. The SMILES string of the molecule is COc1ccc(C)c2sc(=NC(=O)Cc3ccc(S(C)(=O)=O)cc3)n(C)c12. The van der Waals surface area contributed by atoms with Crippen molar-refractivity contribution in [3.05, 3.63) is 52.3 Å². The number of sulfone groups is 1. The van der Waals surface area contributed by atoms with Crippen LogP contribution in [0.4, 0.5) is 0 Å². The van der Waals surface area contributed by atoms with Crippen molar-refractivity contribution >= 4 is 37.3 Å². The molecule has 142 valence electrons. The van der Waals surface area contributed by atoms with Crippen LogP contribution in [0.5, 0.6) is 5.75 Å². The molecule has 6 nitrogen and oxygen atoms in total. The molecule has 3 rings (SSSR count). The maximum Gasteiger partial charge on any atom is 0.252 e. The summed E-state index contributed by atoms with van der Waals surface area (Å²) in [5, 5.41) is 0. The molecule has 1 heterocycles. The molecule has 0 saturated heterocycles. The second-order valence-corrected chi connectivity index (χ2v) is 9.30. The maximum atomic E-state index is 12.4. The van der Waals surface area contributed by atoms with Gasteiger partial charge in [-0.3, -0.25) is 4.79 Å². The minimum atomic E-state index is -3.25. The maximum absolute atomic E-state index is 12.4. The molecule has 0 fully saturated rings. The molecule has 0 unspecified atom stereocenters. The lowest BCUT2D eigenvalue weighted by Gasteiger charge is -2.05. The van der Waals surface area contributed by atoms with Crippen molar-refractivity contribution in [1.29, 1.82) is 0 Å². The molecule has 1 aromatic heterocycles. The predicted molar refractivity (Wildman–Crippen MR) is 106 cm³/mol. The topological polar surface area (TPSA) is 77.7 Å². The van der Waals surface area contributed by atoms with Gasteiger partial charge in [0.2, 0.25) is 0 Å². The van der Waals surface area contributed by atoms with Crippen LogP contribution < -0.4 is 9.54 Å². The van der Waals surface area contributed by atoms with E-state index in [1.807, 2.05) is 30.7 Å². The molecule has 0 bridgehead atoms. The first-order chi connectivity index (χ1) is 12.7. The second kappa shape index (κ2) is 7.28. The van der Waals surface area contributed by atoms with Crippen molar-refractivity contribution in [2.45, 2.75) is 18.2 Å². The number of rotatable bonds is 4. The molecule has 0 saturated carbocycles. The number of nitrogens with zero attached hydrogens (tertiary/aromatic N) is 2. The average molecular weight is 405 g/mol. The number of thiazole rings is 1. The summed E-state index contributed by atoms with van der Waals surface area (Å²) in [5.41, 5.74) is 2.72. The van der Waals surface area contributed by atoms with Gasteiger partial charge in [0.15, 0.2) is 14.6 Å². The third-order valence-electron chi connectivity index (χ3n) is 4.25. The molecule has 3 aromatic rings. The molecule has 27 heavy (non-hydrogen) atoms. The molecular formula is C19H20N2O4S2. The molecule has 0 atom stereocenters. The van der Waals surface area contributed by atoms with Gasteiger partial charge in [-0.2, -0.15) is 4.99 Å². The van der Waals surface area contributed by atoms with Crippen LogP contribution in [0, 0.1) is 6.92 Å². The Morgan fingerprint density at radius 2 is 1.85 bits per heavy atom. The zero-order valence-electron chi connectivity index (χ0n) is 15.5. The van der Waals surface area contributed by atoms with Crippen molar-refractivity contribution in [3.8, 4) is 5.75 Å². The molecule has 0 radical (unpaired) electrons. The summed E-state index contributed by atoms with van der Waals surface area (Å²) in [5.74, 6) is 0.445. The van der Waals surface area contributed by atoms with E-state index in [0.29, 0.717) is 10.4 Å². The third kappa shape index (κ3) is 3.96. The van der Waals surface area contributed by atoms with Crippen LogP contribution in [0.2, 0.25) is 0 Å². The van der Waals surface area contributed by atoms with Crippen molar-refractivity contribution < 1.29 is 17.9 Å². The minimum Gasteiger partial charge on any atom is -0.495 e. The minimum absolute atomic E-state index is 0.106. The van der Waals surface area contributed by atoms with Gasteiger partial charge in [0, 0.05) is 13.3 Å². The summed E-state index contributed by atoms with van der Waals surface area (Å²) in [6, 6.07) is 10.2. The van der Waals surface area contributed by atoms with E-state index < -0.39 is 9.84 Å². The number of hydrogen-bond acceptors (Lipinski definition) is 5. The van der Waals surface area contributed by atoms with Gasteiger partial charge in [0.25, 0.3) is 5.91 Å². The van der Waals surface area contributed by atoms with Crippen LogP contribution in [0.3, 0.4) is 0 Å². The fourth-order valence-electron chi connectivity index (χ4n) is 2.79. The Hall–Kier alpha value is -2.45. The Balaban J connectivity index is 1.94. The van der Waals surface area contributed by atoms with Gasteiger partial charge in [-0.15, -0.1) is 0 Å². The smallest absolute Gasteiger partial charge is 0.252 e. The number of amides is 1. The predicted octanol–water partition coefficient (Wildman–Crippen LogP) is 2.63. The number of benzene rings is 2. The molecule has 0 spiro atoms. The molecule has 2 aromatic carbocycles. The molecule has 0 N–H and O–H groups in total. The lowest BCUT2D eigenvalue weighted by Crippen LogP contribution is -2.14. The Morgan fingerprint density at radius 1 is 1.19 bits per heavy atom. The Labute approximate surface area is 161 Å². The summed E-state index contributed by atoms with van der Waals surface area (Å²) < 4.78 is 31.3. The van der Waals surface area contributed by atoms with Crippen LogP contribution in [0.25, 0.3) is 10.2 Å². The summed E-state index contributed by atoms with van der Waals surface area (Å²) in [6.45, 7) is 2.01. The largest absolute Gasteiger partial charge is 0.495 e. The van der Waals surface area contributed by atoms with Gasteiger partial charge in [0.05, 0.1) is 23.1 Å². The molecule has 1 amide bonds. The average Bonchev–Trinajstić information content (AvgIpc) is 2.93. The Morgan fingerprint density at radius 3 is 2.44 bits per heavy atom. The van der Waals surface area contributed by atoms with Gasteiger partial charge in [-0.05, 0) is 36.2 Å². The number of fused-ring (bicyclic) bond motifs is 1. The van der Waals surface area contributed by atoms with Gasteiger partial charge >= 0.3 is 0 Å². The van der Waals surface area contributed by atoms with E-state index in [2.05, 4.69) is 4.99 Å². The first kappa shape index (κ1) is 19.3. The number of aryl methyl sites for hydroxylation is 2. The van der Waals surface area contributed by atoms with E-state index in [1.165, 1.54) is 23.5 Å². The number of ether oxygens (including phenoxy) is 1. The lowest BCUT2D eigenvalue weighted by atomic mass is 10.1. The second-order valence-electron chi connectivity index (χ2n) is 6.30. The molecule has 0 aliphatic carbocycles. The molecular weight excluding hydrogens is 384 g/mol. The van der Waals surface area contributed by atoms with E-state index in [-0.39, 0.29) is 17.2 Å². The fraction of sp³-hybridized carbons (Fsp3) is 0.263. The summed E-state index contributed by atoms with van der Waals surface area (Å²) in [6.07, 6.45) is 1.26. The van der Waals surface area contributed by atoms with E-state index in [1.54, 1.807) is 19.2 Å². The summed E-state index contributed by atoms with van der Waals surface area (Å²) in [7, 11) is 0.220. The van der Waals surface area contributed by atoms with Crippen LogP contribution in [0.15, 0.2) is 46.3 Å². The molecule has 8 heteroatoms. The monoisotopic (exact) mass is 404 g/mol. The van der Waals surface area contributed by atoms with Crippen molar-refractivity contribution in [2.24, 2.45) is 12.0 Å². The standard InChI is InChI=1S/C19H20N2O4S2/c1-12-5-10-15(25-3)17-18(12)26-19(21(17)2)20-16(22)11-13-6-8-14(9-7-13)27(4,23)24/h5-10H,11H2,1-4H3. The Bertz CT molecular complexity index is 1190. The quantitative estimate of drug-likeness (QED) is 0.670. The van der Waals surface area contributed by atoms with Crippen LogP contribution in [-0.2, 0) is 28.1 Å². The van der Waals surface area contributed by atoms with Gasteiger partial charge in [-0.25, -0.2) is 8.42 Å². The summed E-state index contributed by atoms with van der Waals surface area (Å²) >= 11 is 1.44. The third-order valence-corrected chi connectivity index (χ3v) is 6.65. The van der Waals surface area contributed by atoms with Crippen molar-refractivity contribution in [3.63, 3.8) is 0 Å². The van der Waals surface area contributed by atoms with Crippen LogP contribution in [0.1, 0.15) is 11.1 Å². The zero-order valence-corrected chi connectivity index (χ0v) is 17.1. The normalized spacial score (nSPS) is 12.5. The Kier molecular flexibility index (Phi) is 5.21. The lowest BCUT2D eigenvalue weighted by molar-refractivity contribution is -0.117. The highest BCUT2D eigenvalue weighted by Gasteiger charge is 2.12. The van der Waals surface area contributed by atoms with Crippen molar-refractivity contribution in [1.82, 2.24) is 4.57 Å².